The molecule has 0 unspecified atom stereocenters. The van der Waals surface area contributed by atoms with Gasteiger partial charge in [-0.2, -0.15) is 0 Å². The smallest absolute Gasteiger partial charge is 0.253 e. The highest BCUT2D eigenvalue weighted by atomic mass is 35.5. The third-order valence-corrected chi connectivity index (χ3v) is 7.88. The molecule has 0 saturated heterocycles. The van der Waals surface area contributed by atoms with Crippen molar-refractivity contribution in [3.63, 3.8) is 0 Å². The molecule has 0 radical (unpaired) electrons. The zero-order valence-corrected chi connectivity index (χ0v) is 23.7. The van der Waals surface area contributed by atoms with Crippen molar-refractivity contribution < 1.29 is 9.59 Å². The first-order valence-electron chi connectivity index (χ1n) is 12.9. The molecule has 2 amide bonds. The van der Waals surface area contributed by atoms with Crippen LogP contribution in [0.4, 0.5) is 5.13 Å². The number of nitrogens with zero attached hydrogens (tertiary/aromatic N) is 1. The van der Waals surface area contributed by atoms with Gasteiger partial charge in [-0.3, -0.25) is 9.59 Å². The van der Waals surface area contributed by atoms with Crippen LogP contribution in [0.1, 0.15) is 39.5 Å². The summed E-state index contributed by atoms with van der Waals surface area (Å²) in [5, 5.41) is 6.82. The van der Waals surface area contributed by atoms with Crippen molar-refractivity contribution >= 4 is 39.9 Å². The summed E-state index contributed by atoms with van der Waals surface area (Å²) in [5.41, 5.74) is 6.34. The van der Waals surface area contributed by atoms with Gasteiger partial charge in [0.1, 0.15) is 0 Å². The summed E-state index contributed by atoms with van der Waals surface area (Å²) in [4.78, 5) is 32.2. The maximum Gasteiger partial charge on any atom is 0.253 e. The highest BCUT2D eigenvalue weighted by Crippen LogP contribution is 2.39. The lowest BCUT2D eigenvalue weighted by Gasteiger charge is -2.19. The van der Waals surface area contributed by atoms with Crippen LogP contribution in [0, 0.1) is 13.8 Å². The fourth-order valence-electron chi connectivity index (χ4n) is 4.36. The summed E-state index contributed by atoms with van der Waals surface area (Å²) >= 11 is 7.68. The van der Waals surface area contributed by atoms with Crippen LogP contribution in [0.3, 0.4) is 0 Å². The fraction of sp³-hybridized carbons (Fsp3) is 0.121. The van der Waals surface area contributed by atoms with E-state index in [1.54, 1.807) is 24.3 Å². The van der Waals surface area contributed by atoms with Crippen LogP contribution in [0.25, 0.3) is 21.7 Å². The molecule has 0 saturated carbocycles. The quantitative estimate of drug-likeness (QED) is 0.199. The average Bonchev–Trinajstić information content (AvgIpc) is 3.37. The lowest BCUT2D eigenvalue weighted by molar-refractivity contribution is -0.116. The molecule has 5 aromatic rings. The van der Waals surface area contributed by atoms with Crippen molar-refractivity contribution in [2.24, 2.45) is 0 Å². The highest BCUT2D eigenvalue weighted by Gasteiger charge is 2.22. The standard InChI is InChI=1S/C33H28ClN3O2S/c1-21-12-16-24(17-13-21)30-31(25-18-14-22(2)15-19-25)40-33(37-30)36-29(38)20-28(23-8-4-3-5-9-23)35-32(39)26-10-6-7-11-27(26)34/h3-19,28H,20H2,1-2H3,(H,35,39)(H,36,37,38)/t28-/m1/s1. The minimum atomic E-state index is -0.557. The molecule has 0 aliphatic rings. The molecule has 0 bridgehead atoms. The zero-order valence-electron chi connectivity index (χ0n) is 22.1. The number of anilines is 1. The molecule has 0 aliphatic heterocycles. The van der Waals surface area contributed by atoms with Crippen LogP contribution in [0.2, 0.25) is 5.02 Å². The third-order valence-electron chi connectivity index (χ3n) is 6.53. The Morgan fingerprint density at radius 2 is 1.40 bits per heavy atom. The van der Waals surface area contributed by atoms with Gasteiger partial charge in [-0.15, -0.1) is 0 Å². The Kier molecular flexibility index (Phi) is 8.39. The average molecular weight is 566 g/mol. The van der Waals surface area contributed by atoms with E-state index < -0.39 is 6.04 Å². The number of benzene rings is 4. The molecule has 5 nitrogen and oxygen atoms in total. The molecule has 5 rings (SSSR count). The number of hydrogen-bond donors (Lipinski definition) is 2. The first-order chi connectivity index (χ1) is 19.4. The third kappa shape index (κ3) is 6.47. The number of amides is 2. The van der Waals surface area contributed by atoms with Crippen LogP contribution < -0.4 is 10.6 Å². The number of thiazole rings is 1. The van der Waals surface area contributed by atoms with Gasteiger partial charge in [0.2, 0.25) is 5.91 Å². The number of halogens is 1. The molecule has 1 heterocycles. The Morgan fingerprint density at radius 3 is 2.05 bits per heavy atom. The van der Waals surface area contributed by atoms with E-state index in [0.29, 0.717) is 15.7 Å². The lowest BCUT2D eigenvalue weighted by Crippen LogP contribution is -2.31. The molecule has 2 N–H and O–H groups in total. The Hall–Kier alpha value is -4.26. The molecule has 40 heavy (non-hydrogen) atoms. The Balaban J connectivity index is 1.41. The number of aryl methyl sites for hydroxylation is 2. The van der Waals surface area contributed by atoms with Crippen molar-refractivity contribution in [1.82, 2.24) is 10.3 Å². The van der Waals surface area contributed by atoms with Gasteiger partial charge in [0.05, 0.1) is 33.6 Å². The maximum absolute atomic E-state index is 13.3. The SMILES string of the molecule is Cc1ccc(-c2nc(NC(=O)C[C@@H](NC(=O)c3ccccc3Cl)c3ccccc3)sc2-c2ccc(C)cc2)cc1. The Bertz CT molecular complexity index is 1570. The molecule has 1 aromatic heterocycles. The van der Waals surface area contributed by atoms with Crippen molar-refractivity contribution in [2.45, 2.75) is 26.3 Å². The molecule has 1 atom stereocenters. The van der Waals surface area contributed by atoms with Gasteiger partial charge in [-0.1, -0.05) is 125 Å². The van der Waals surface area contributed by atoms with Gasteiger partial charge < -0.3 is 10.6 Å². The first-order valence-corrected chi connectivity index (χ1v) is 14.1. The van der Waals surface area contributed by atoms with Gasteiger partial charge in [0.25, 0.3) is 5.91 Å². The number of hydrogen-bond acceptors (Lipinski definition) is 4. The molecule has 4 aromatic carbocycles. The van der Waals surface area contributed by atoms with Crippen molar-refractivity contribution in [3.05, 3.63) is 130 Å². The van der Waals surface area contributed by atoms with E-state index in [4.69, 9.17) is 16.6 Å². The van der Waals surface area contributed by atoms with Crippen LogP contribution in [-0.2, 0) is 4.79 Å². The molecular formula is C33H28ClN3O2S. The normalized spacial score (nSPS) is 11.6. The van der Waals surface area contributed by atoms with E-state index in [2.05, 4.69) is 54.0 Å². The lowest BCUT2D eigenvalue weighted by atomic mass is 10.0. The Labute approximate surface area is 242 Å². The van der Waals surface area contributed by atoms with Gasteiger partial charge in [-0.25, -0.2) is 4.98 Å². The summed E-state index contributed by atoms with van der Waals surface area (Å²) in [7, 11) is 0. The van der Waals surface area contributed by atoms with E-state index in [1.165, 1.54) is 16.9 Å². The topological polar surface area (TPSA) is 71.1 Å². The van der Waals surface area contributed by atoms with Crippen LogP contribution in [0.5, 0.6) is 0 Å². The van der Waals surface area contributed by atoms with E-state index in [-0.39, 0.29) is 18.2 Å². The van der Waals surface area contributed by atoms with E-state index in [1.807, 2.05) is 49.4 Å². The van der Waals surface area contributed by atoms with E-state index in [9.17, 15) is 9.59 Å². The van der Waals surface area contributed by atoms with Gasteiger partial charge >= 0.3 is 0 Å². The number of carbonyl (C=O) groups is 2. The van der Waals surface area contributed by atoms with Crippen molar-refractivity contribution in [3.8, 4) is 21.7 Å². The molecule has 0 spiro atoms. The number of carbonyl (C=O) groups excluding carboxylic acids is 2. The monoisotopic (exact) mass is 565 g/mol. The predicted molar refractivity (Wildman–Crippen MR) is 164 cm³/mol. The highest BCUT2D eigenvalue weighted by molar-refractivity contribution is 7.19. The minimum absolute atomic E-state index is 0.0273. The number of nitrogens with one attached hydrogen (secondary N) is 2. The molecule has 200 valence electrons. The van der Waals surface area contributed by atoms with Gasteiger partial charge in [-0.05, 0) is 37.1 Å². The summed E-state index contributed by atoms with van der Waals surface area (Å²) in [6.07, 6.45) is 0.0273. The van der Waals surface area contributed by atoms with Gasteiger partial charge in [0, 0.05) is 5.56 Å². The van der Waals surface area contributed by atoms with E-state index >= 15 is 0 Å². The predicted octanol–water partition coefficient (Wildman–Crippen LogP) is 8.25. The summed E-state index contributed by atoms with van der Waals surface area (Å²) < 4.78 is 0. The molecule has 0 fully saturated rings. The summed E-state index contributed by atoms with van der Waals surface area (Å²) in [6, 6.07) is 32.2. The zero-order chi connectivity index (χ0) is 28.1. The molecule has 7 heteroatoms. The second kappa shape index (κ2) is 12.3. The Morgan fingerprint density at radius 1 is 0.800 bits per heavy atom. The second-order valence-corrected chi connectivity index (χ2v) is 11.0. The summed E-state index contributed by atoms with van der Waals surface area (Å²) in [5.74, 6) is -0.599. The van der Waals surface area contributed by atoms with Crippen LogP contribution in [-0.4, -0.2) is 16.8 Å². The van der Waals surface area contributed by atoms with E-state index in [0.717, 1.165) is 32.8 Å². The maximum atomic E-state index is 13.3. The van der Waals surface area contributed by atoms with Crippen molar-refractivity contribution in [2.75, 3.05) is 5.32 Å². The fourth-order valence-corrected chi connectivity index (χ4v) is 5.59. The van der Waals surface area contributed by atoms with Crippen molar-refractivity contribution in [1.29, 1.82) is 0 Å². The molecular weight excluding hydrogens is 538 g/mol. The van der Waals surface area contributed by atoms with Crippen LogP contribution in [0.15, 0.2) is 103 Å². The minimum Gasteiger partial charge on any atom is -0.345 e. The van der Waals surface area contributed by atoms with Crippen LogP contribution >= 0.6 is 22.9 Å². The number of rotatable bonds is 8. The number of aromatic nitrogens is 1. The first kappa shape index (κ1) is 27.3. The van der Waals surface area contributed by atoms with Gasteiger partial charge in [0.15, 0.2) is 5.13 Å². The largest absolute Gasteiger partial charge is 0.345 e. The molecule has 0 aliphatic carbocycles. The second-order valence-electron chi connectivity index (χ2n) is 9.60. The summed E-state index contributed by atoms with van der Waals surface area (Å²) in [6.45, 7) is 4.10.